The second-order valence-corrected chi connectivity index (χ2v) is 10.6. The lowest BCUT2D eigenvalue weighted by Gasteiger charge is -2.24. The van der Waals surface area contributed by atoms with Gasteiger partial charge >= 0.3 is 0 Å². The summed E-state index contributed by atoms with van der Waals surface area (Å²) in [5.74, 6) is 1.02. The Morgan fingerprint density at radius 1 is 1.15 bits per heavy atom. The Hall–Kier alpha value is 0.540. The summed E-state index contributed by atoms with van der Waals surface area (Å²) in [5.41, 5.74) is 0. The van der Waals surface area contributed by atoms with Crippen molar-refractivity contribution in [2.24, 2.45) is 0 Å². The van der Waals surface area contributed by atoms with E-state index in [0.29, 0.717) is 0 Å². The van der Waals surface area contributed by atoms with Crippen LogP contribution in [0, 0.1) is 0 Å². The average Bonchev–Trinajstić information content (AvgIpc) is 2.02. The average molecular weight is 224 g/mol. The molecule has 0 aromatic carbocycles. The van der Waals surface area contributed by atoms with Crippen molar-refractivity contribution in [2.75, 3.05) is 45.8 Å². The first-order valence-electron chi connectivity index (χ1n) is 4.86. The summed E-state index contributed by atoms with van der Waals surface area (Å²) in [7, 11) is 6.51. The van der Waals surface area contributed by atoms with Crippen molar-refractivity contribution in [3.8, 4) is 0 Å². The Kier molecular flexibility index (Phi) is 5.65. The number of quaternary nitrogens is 1. The minimum Gasteiger partial charge on any atom is -0.330 e. The largest absolute Gasteiger partial charge is 0.330 e. The van der Waals surface area contributed by atoms with E-state index in [-0.39, 0.29) is 0 Å². The summed E-state index contributed by atoms with van der Waals surface area (Å²) in [4.78, 5) is 0. The van der Waals surface area contributed by atoms with Gasteiger partial charge in [0, 0.05) is 18.1 Å². The van der Waals surface area contributed by atoms with Gasteiger partial charge in [-0.15, -0.1) is 0 Å². The molecule has 0 unspecified atom stereocenters. The van der Waals surface area contributed by atoms with Crippen LogP contribution in [0.25, 0.3) is 0 Å². The molecular formula is C9H23NOPS+. The van der Waals surface area contributed by atoms with E-state index in [2.05, 4.69) is 21.1 Å². The maximum absolute atomic E-state index is 12.0. The van der Waals surface area contributed by atoms with Gasteiger partial charge in [0.25, 0.3) is 0 Å². The van der Waals surface area contributed by atoms with Crippen molar-refractivity contribution in [3.05, 3.63) is 0 Å². The van der Waals surface area contributed by atoms with Gasteiger partial charge in [-0.05, 0) is 0 Å². The van der Waals surface area contributed by atoms with E-state index in [1.807, 2.05) is 13.8 Å². The topological polar surface area (TPSA) is 17.1 Å². The number of hydrogen-bond donors (Lipinski definition) is 0. The van der Waals surface area contributed by atoms with Gasteiger partial charge in [-0.3, -0.25) is 0 Å². The smallest absolute Gasteiger partial charge is 0.138 e. The lowest BCUT2D eigenvalue weighted by molar-refractivity contribution is -0.867. The second-order valence-electron chi connectivity index (χ2n) is 4.29. The molecule has 0 aliphatic heterocycles. The van der Waals surface area contributed by atoms with Crippen LogP contribution in [0.5, 0.6) is 0 Å². The number of rotatable bonds is 6. The molecule has 0 aromatic rings. The maximum Gasteiger partial charge on any atom is 0.138 e. The Bertz CT molecular complexity index is 181. The molecule has 0 aliphatic carbocycles. The summed E-state index contributed by atoms with van der Waals surface area (Å²) in [5, 5.41) is 0. The monoisotopic (exact) mass is 224 g/mol. The van der Waals surface area contributed by atoms with Crippen LogP contribution in [0.2, 0.25) is 0 Å². The van der Waals surface area contributed by atoms with Gasteiger partial charge in [0.15, 0.2) is 0 Å². The van der Waals surface area contributed by atoms with Crippen LogP contribution < -0.4 is 0 Å². The molecule has 0 aromatic heterocycles. The second kappa shape index (κ2) is 5.43. The molecule has 80 valence electrons. The normalized spacial score (nSPS) is 13.3. The van der Waals surface area contributed by atoms with Crippen molar-refractivity contribution in [2.45, 2.75) is 13.8 Å². The van der Waals surface area contributed by atoms with Crippen molar-refractivity contribution < 1.29 is 9.05 Å². The highest BCUT2D eigenvalue weighted by Crippen LogP contribution is 2.57. The minimum absolute atomic E-state index is 0.839. The molecule has 2 nitrogen and oxygen atoms in total. The van der Waals surface area contributed by atoms with Crippen LogP contribution in [0.3, 0.4) is 0 Å². The number of nitrogens with zero attached hydrogens (tertiary/aromatic N) is 1. The predicted molar refractivity (Wildman–Crippen MR) is 64.0 cm³/mol. The van der Waals surface area contributed by atoms with Gasteiger partial charge in [0.2, 0.25) is 0 Å². The molecule has 0 spiro atoms. The minimum atomic E-state index is -1.86. The SMILES string of the molecule is CCP(=O)(CC)SCC[N+](C)(C)C. The zero-order valence-corrected chi connectivity index (χ0v) is 11.3. The highest BCUT2D eigenvalue weighted by atomic mass is 32.7. The zero-order chi connectivity index (χ0) is 10.5. The molecule has 0 saturated heterocycles. The third-order valence-electron chi connectivity index (χ3n) is 2.05. The molecule has 0 amide bonds. The van der Waals surface area contributed by atoms with E-state index in [4.69, 9.17) is 0 Å². The van der Waals surface area contributed by atoms with Gasteiger partial charge in [0.1, 0.15) is 6.34 Å². The van der Waals surface area contributed by atoms with Crippen LogP contribution in [-0.2, 0) is 4.57 Å². The van der Waals surface area contributed by atoms with Gasteiger partial charge in [-0.2, -0.15) is 0 Å². The molecule has 0 saturated carbocycles. The first-order valence-corrected chi connectivity index (χ1v) is 8.53. The summed E-state index contributed by atoms with van der Waals surface area (Å²) >= 11 is 1.69. The van der Waals surface area contributed by atoms with Crippen LogP contribution in [-0.4, -0.2) is 50.2 Å². The molecule has 0 fully saturated rings. The first kappa shape index (κ1) is 13.5. The molecular weight excluding hydrogens is 201 g/mol. The summed E-state index contributed by atoms with van der Waals surface area (Å²) in [6, 6.07) is 0. The van der Waals surface area contributed by atoms with Gasteiger partial charge in [0.05, 0.1) is 27.7 Å². The van der Waals surface area contributed by atoms with Crippen molar-refractivity contribution >= 4 is 17.7 Å². The maximum atomic E-state index is 12.0. The molecule has 0 bridgehead atoms. The first-order chi connectivity index (χ1) is 5.83. The van der Waals surface area contributed by atoms with Crippen molar-refractivity contribution in [1.29, 1.82) is 0 Å². The molecule has 0 heterocycles. The molecule has 4 heteroatoms. The van der Waals surface area contributed by atoms with E-state index < -0.39 is 6.34 Å². The van der Waals surface area contributed by atoms with E-state index >= 15 is 0 Å². The van der Waals surface area contributed by atoms with Crippen LogP contribution in [0.4, 0.5) is 0 Å². The fourth-order valence-corrected chi connectivity index (χ4v) is 5.00. The van der Waals surface area contributed by atoms with Gasteiger partial charge < -0.3 is 9.05 Å². The fourth-order valence-electron chi connectivity index (χ4n) is 0.887. The van der Waals surface area contributed by atoms with Gasteiger partial charge in [-0.25, -0.2) is 0 Å². The Morgan fingerprint density at radius 3 is 1.92 bits per heavy atom. The van der Waals surface area contributed by atoms with Crippen LogP contribution in [0.1, 0.15) is 13.8 Å². The standard InChI is InChI=1S/C9H23NOPS/c1-6-12(11,7-2)13-9-8-10(3,4)5/h6-9H2,1-5H3/q+1. The zero-order valence-electron chi connectivity index (χ0n) is 9.54. The summed E-state index contributed by atoms with van der Waals surface area (Å²) in [6.07, 6.45) is -0.183. The van der Waals surface area contributed by atoms with Crippen molar-refractivity contribution in [3.63, 3.8) is 0 Å². The Balaban J connectivity index is 3.82. The van der Waals surface area contributed by atoms with Crippen LogP contribution >= 0.6 is 17.7 Å². The Morgan fingerprint density at radius 2 is 1.62 bits per heavy atom. The third-order valence-corrected chi connectivity index (χ3v) is 8.32. The molecule has 0 rings (SSSR count). The van der Waals surface area contributed by atoms with E-state index in [9.17, 15) is 4.57 Å². The quantitative estimate of drug-likeness (QED) is 0.510. The highest BCUT2D eigenvalue weighted by molar-refractivity contribution is 8.58. The summed E-state index contributed by atoms with van der Waals surface area (Å²) < 4.78 is 13.0. The van der Waals surface area contributed by atoms with E-state index in [0.717, 1.165) is 29.1 Å². The van der Waals surface area contributed by atoms with Gasteiger partial charge in [-0.1, -0.05) is 25.2 Å². The fraction of sp³-hybridized carbons (Fsp3) is 1.00. The van der Waals surface area contributed by atoms with E-state index in [1.165, 1.54) is 0 Å². The van der Waals surface area contributed by atoms with Crippen molar-refractivity contribution in [1.82, 2.24) is 0 Å². The third kappa shape index (κ3) is 6.59. The Labute approximate surface area is 86.8 Å². The number of hydrogen-bond acceptors (Lipinski definition) is 2. The highest BCUT2D eigenvalue weighted by Gasteiger charge is 2.18. The molecule has 0 radical (unpaired) electrons. The van der Waals surface area contributed by atoms with E-state index in [1.54, 1.807) is 11.4 Å². The molecule has 0 N–H and O–H groups in total. The molecule has 13 heavy (non-hydrogen) atoms. The lowest BCUT2D eigenvalue weighted by atomic mass is 10.6. The summed E-state index contributed by atoms with van der Waals surface area (Å²) in [6.45, 7) is 5.15. The molecule has 0 atom stereocenters. The lowest BCUT2D eigenvalue weighted by Crippen LogP contribution is -2.36. The predicted octanol–water partition coefficient (Wildman–Crippen LogP) is 2.74. The molecule has 0 aliphatic rings. The van der Waals surface area contributed by atoms with Crippen LogP contribution in [0.15, 0.2) is 0 Å².